The van der Waals surface area contributed by atoms with E-state index >= 15 is 0 Å². The first kappa shape index (κ1) is 14.5. The summed E-state index contributed by atoms with van der Waals surface area (Å²) in [6, 6.07) is 4.97. The van der Waals surface area contributed by atoms with E-state index in [0.717, 1.165) is 32.7 Å². The van der Waals surface area contributed by atoms with Crippen LogP contribution in [0.25, 0.3) is 11.6 Å². The quantitative estimate of drug-likeness (QED) is 0.918. The van der Waals surface area contributed by atoms with Gasteiger partial charge in [0.25, 0.3) is 0 Å². The Labute approximate surface area is 128 Å². The van der Waals surface area contributed by atoms with E-state index in [1.807, 2.05) is 0 Å². The minimum atomic E-state index is -1.07. The zero-order valence-electron chi connectivity index (χ0n) is 12.4. The summed E-state index contributed by atoms with van der Waals surface area (Å²) in [4.78, 5) is 24.3. The highest BCUT2D eigenvalue weighted by molar-refractivity contribution is 5.86. The second kappa shape index (κ2) is 6.15. The van der Waals surface area contributed by atoms with Crippen molar-refractivity contribution in [3.63, 3.8) is 0 Å². The standard InChI is InChI=1S/C15H18N4O3/c1-2-18-5-7-19(8-6-18)13-10-11(15(20)21)16-14(17-13)12-4-3-9-22-12/h3-4,9-10H,2,5-8H2,1H3,(H,20,21). The van der Waals surface area contributed by atoms with Gasteiger partial charge in [0.05, 0.1) is 6.26 Å². The lowest BCUT2D eigenvalue weighted by Crippen LogP contribution is -2.46. The number of furan rings is 1. The van der Waals surface area contributed by atoms with Gasteiger partial charge in [0.2, 0.25) is 0 Å². The van der Waals surface area contributed by atoms with Gasteiger partial charge in [-0.05, 0) is 18.7 Å². The molecular formula is C15H18N4O3. The molecule has 116 valence electrons. The SMILES string of the molecule is CCN1CCN(c2cc(C(=O)O)nc(-c3ccco3)n2)CC1. The van der Waals surface area contributed by atoms with Gasteiger partial charge in [-0.1, -0.05) is 6.92 Å². The number of carboxylic acids is 1. The Bertz CT molecular complexity index is 649. The number of carbonyl (C=O) groups is 1. The lowest BCUT2D eigenvalue weighted by molar-refractivity contribution is 0.0690. The number of rotatable bonds is 4. The van der Waals surface area contributed by atoms with Crippen molar-refractivity contribution in [1.29, 1.82) is 0 Å². The minimum absolute atomic E-state index is 0.0191. The van der Waals surface area contributed by atoms with Gasteiger partial charge in [0, 0.05) is 32.2 Å². The van der Waals surface area contributed by atoms with Crippen molar-refractivity contribution in [3.8, 4) is 11.6 Å². The molecule has 7 nitrogen and oxygen atoms in total. The highest BCUT2D eigenvalue weighted by Gasteiger charge is 2.20. The normalized spacial score (nSPS) is 16.0. The van der Waals surface area contributed by atoms with Crippen LogP contribution in [0.4, 0.5) is 5.82 Å². The zero-order valence-corrected chi connectivity index (χ0v) is 12.4. The summed E-state index contributed by atoms with van der Waals surface area (Å²) in [7, 11) is 0. The molecule has 1 N–H and O–H groups in total. The monoisotopic (exact) mass is 302 g/mol. The second-order valence-corrected chi connectivity index (χ2v) is 5.14. The Hall–Kier alpha value is -2.41. The van der Waals surface area contributed by atoms with Gasteiger partial charge >= 0.3 is 5.97 Å². The van der Waals surface area contributed by atoms with Crippen molar-refractivity contribution in [3.05, 3.63) is 30.2 Å². The van der Waals surface area contributed by atoms with Crippen LogP contribution in [0.2, 0.25) is 0 Å². The third-order valence-corrected chi connectivity index (χ3v) is 3.82. The number of likely N-dealkylation sites (N-methyl/N-ethyl adjacent to an activating group) is 1. The van der Waals surface area contributed by atoms with Gasteiger partial charge in [-0.2, -0.15) is 0 Å². The number of carboxylic acid groups (broad SMARTS) is 1. The van der Waals surface area contributed by atoms with Gasteiger partial charge in [-0.3, -0.25) is 0 Å². The Morgan fingerprint density at radius 1 is 1.32 bits per heavy atom. The average Bonchev–Trinajstić information content (AvgIpc) is 3.09. The zero-order chi connectivity index (χ0) is 15.5. The molecule has 1 fully saturated rings. The largest absolute Gasteiger partial charge is 0.477 e. The van der Waals surface area contributed by atoms with Crippen LogP contribution in [0.5, 0.6) is 0 Å². The van der Waals surface area contributed by atoms with Gasteiger partial charge in [0.1, 0.15) is 5.82 Å². The van der Waals surface area contributed by atoms with Crippen LogP contribution in [0.3, 0.4) is 0 Å². The third kappa shape index (κ3) is 2.94. The van der Waals surface area contributed by atoms with Crippen LogP contribution in [0.1, 0.15) is 17.4 Å². The summed E-state index contributed by atoms with van der Waals surface area (Å²) < 4.78 is 5.29. The predicted octanol–water partition coefficient (Wildman–Crippen LogP) is 1.58. The number of piperazine rings is 1. The maximum Gasteiger partial charge on any atom is 0.354 e. The number of hydrogen-bond donors (Lipinski definition) is 1. The fourth-order valence-corrected chi connectivity index (χ4v) is 2.52. The highest BCUT2D eigenvalue weighted by atomic mass is 16.4. The Morgan fingerprint density at radius 3 is 2.68 bits per heavy atom. The summed E-state index contributed by atoms with van der Waals surface area (Å²) in [6.45, 7) is 6.69. The lowest BCUT2D eigenvalue weighted by atomic mass is 10.3. The fraction of sp³-hybridized carbons (Fsp3) is 0.400. The molecule has 0 radical (unpaired) electrons. The van der Waals surface area contributed by atoms with Crippen molar-refractivity contribution in [2.24, 2.45) is 0 Å². The van der Waals surface area contributed by atoms with E-state index in [1.165, 1.54) is 12.3 Å². The van der Waals surface area contributed by atoms with Crippen molar-refractivity contribution in [1.82, 2.24) is 14.9 Å². The molecule has 1 aliphatic rings. The molecule has 0 unspecified atom stereocenters. The van der Waals surface area contributed by atoms with Crippen LogP contribution >= 0.6 is 0 Å². The second-order valence-electron chi connectivity index (χ2n) is 5.14. The molecule has 3 rings (SSSR count). The molecule has 0 amide bonds. The van der Waals surface area contributed by atoms with E-state index < -0.39 is 5.97 Å². The average molecular weight is 302 g/mol. The van der Waals surface area contributed by atoms with E-state index in [9.17, 15) is 9.90 Å². The van der Waals surface area contributed by atoms with E-state index in [0.29, 0.717) is 17.4 Å². The van der Waals surface area contributed by atoms with E-state index in [1.54, 1.807) is 12.1 Å². The van der Waals surface area contributed by atoms with Gasteiger partial charge in [-0.25, -0.2) is 14.8 Å². The summed E-state index contributed by atoms with van der Waals surface area (Å²) in [5.41, 5.74) is -0.0191. The first-order valence-electron chi connectivity index (χ1n) is 7.31. The third-order valence-electron chi connectivity index (χ3n) is 3.82. The molecule has 3 heterocycles. The smallest absolute Gasteiger partial charge is 0.354 e. The summed E-state index contributed by atoms with van der Waals surface area (Å²) in [5, 5.41) is 9.26. The fourth-order valence-electron chi connectivity index (χ4n) is 2.52. The summed E-state index contributed by atoms with van der Waals surface area (Å²) in [6.07, 6.45) is 1.52. The highest BCUT2D eigenvalue weighted by Crippen LogP contribution is 2.21. The molecule has 0 spiro atoms. The van der Waals surface area contributed by atoms with Crippen molar-refractivity contribution < 1.29 is 14.3 Å². The number of nitrogens with zero attached hydrogens (tertiary/aromatic N) is 4. The molecule has 22 heavy (non-hydrogen) atoms. The van der Waals surface area contributed by atoms with E-state index in [2.05, 4.69) is 26.7 Å². The maximum atomic E-state index is 11.3. The Morgan fingerprint density at radius 2 is 2.09 bits per heavy atom. The molecule has 0 aromatic carbocycles. The molecule has 2 aromatic rings. The van der Waals surface area contributed by atoms with Gasteiger partial charge in [0.15, 0.2) is 17.3 Å². The molecule has 0 saturated carbocycles. The van der Waals surface area contributed by atoms with Crippen molar-refractivity contribution >= 4 is 11.8 Å². The van der Waals surface area contributed by atoms with Crippen LogP contribution in [-0.2, 0) is 0 Å². The number of aromatic nitrogens is 2. The number of anilines is 1. The molecular weight excluding hydrogens is 284 g/mol. The van der Waals surface area contributed by atoms with Crippen LogP contribution in [0, 0.1) is 0 Å². The number of hydrogen-bond acceptors (Lipinski definition) is 6. The Kier molecular flexibility index (Phi) is 4.06. The van der Waals surface area contributed by atoms with Crippen LogP contribution < -0.4 is 4.90 Å². The van der Waals surface area contributed by atoms with Crippen molar-refractivity contribution in [2.75, 3.05) is 37.6 Å². The molecule has 1 aliphatic heterocycles. The molecule has 7 heteroatoms. The predicted molar refractivity (Wildman–Crippen MR) is 81.0 cm³/mol. The molecule has 2 aromatic heterocycles. The number of aromatic carboxylic acids is 1. The molecule has 1 saturated heterocycles. The first-order valence-corrected chi connectivity index (χ1v) is 7.31. The topological polar surface area (TPSA) is 82.7 Å². The van der Waals surface area contributed by atoms with Crippen LogP contribution in [-0.4, -0.2) is 58.7 Å². The molecule has 0 aliphatic carbocycles. The maximum absolute atomic E-state index is 11.3. The van der Waals surface area contributed by atoms with Gasteiger partial charge in [-0.15, -0.1) is 0 Å². The molecule has 0 bridgehead atoms. The first-order chi connectivity index (χ1) is 10.7. The molecule has 0 atom stereocenters. The van der Waals surface area contributed by atoms with Crippen molar-refractivity contribution in [2.45, 2.75) is 6.92 Å². The van der Waals surface area contributed by atoms with E-state index in [-0.39, 0.29) is 5.69 Å². The van der Waals surface area contributed by atoms with Gasteiger partial charge < -0.3 is 19.3 Å². The lowest BCUT2D eigenvalue weighted by Gasteiger charge is -2.34. The van der Waals surface area contributed by atoms with Crippen LogP contribution in [0.15, 0.2) is 28.9 Å². The van der Waals surface area contributed by atoms with E-state index in [4.69, 9.17) is 4.42 Å². The minimum Gasteiger partial charge on any atom is -0.477 e. The summed E-state index contributed by atoms with van der Waals surface area (Å²) >= 11 is 0. The summed E-state index contributed by atoms with van der Waals surface area (Å²) in [5.74, 6) is 0.340. The Balaban J connectivity index is 1.92.